The maximum Gasteiger partial charge on any atom is 0.169 e. The summed E-state index contributed by atoms with van der Waals surface area (Å²) in [5.74, 6) is 0. The Bertz CT molecular complexity index is 765. The Balaban J connectivity index is 2.04. The molecule has 0 atom stereocenters. The van der Waals surface area contributed by atoms with Crippen LogP contribution < -0.4 is 0 Å². The number of nitrogens with zero attached hydrogens (tertiary/aromatic N) is 4. The van der Waals surface area contributed by atoms with Crippen LogP contribution >= 0.6 is 15.9 Å². The van der Waals surface area contributed by atoms with Gasteiger partial charge in [0.2, 0.25) is 0 Å². The zero-order valence-electron chi connectivity index (χ0n) is 11.5. The summed E-state index contributed by atoms with van der Waals surface area (Å²) in [6.45, 7) is 3.77. The maximum atomic E-state index is 4.67. The molecule has 0 fully saturated rings. The van der Waals surface area contributed by atoms with Crippen LogP contribution in [0.25, 0.3) is 5.65 Å². The van der Waals surface area contributed by atoms with Crippen molar-refractivity contribution in [1.82, 2.24) is 19.6 Å². The third kappa shape index (κ3) is 3.03. The fraction of sp³-hybridized carbons (Fsp3) is 0.188. The molecule has 106 valence electrons. The highest BCUT2D eigenvalue weighted by molar-refractivity contribution is 9.10. The number of hydrogen-bond donors (Lipinski definition) is 0. The van der Waals surface area contributed by atoms with E-state index in [9.17, 15) is 0 Å². The maximum absolute atomic E-state index is 4.67. The van der Waals surface area contributed by atoms with Crippen molar-refractivity contribution in [3.8, 4) is 0 Å². The van der Waals surface area contributed by atoms with Crippen LogP contribution in [0.4, 0.5) is 0 Å². The largest absolute Gasteiger partial charge is 0.265 e. The predicted molar refractivity (Wildman–Crippen MR) is 86.2 cm³/mol. The van der Waals surface area contributed by atoms with Gasteiger partial charge in [0.25, 0.3) is 0 Å². The van der Waals surface area contributed by atoms with Gasteiger partial charge in [-0.05, 0) is 52.5 Å². The highest BCUT2D eigenvalue weighted by Gasteiger charge is 2.10. The molecule has 0 aliphatic heterocycles. The number of halogens is 1. The summed E-state index contributed by atoms with van der Waals surface area (Å²) in [6.07, 6.45) is 9.94. The highest BCUT2D eigenvalue weighted by atomic mass is 79.9. The van der Waals surface area contributed by atoms with E-state index < -0.39 is 0 Å². The smallest absolute Gasteiger partial charge is 0.169 e. The minimum Gasteiger partial charge on any atom is -0.265 e. The van der Waals surface area contributed by atoms with Crippen LogP contribution in [-0.4, -0.2) is 19.6 Å². The van der Waals surface area contributed by atoms with Crippen LogP contribution in [0, 0.1) is 0 Å². The molecule has 5 heteroatoms. The lowest BCUT2D eigenvalue weighted by molar-refractivity contribution is 0.834. The molecule has 21 heavy (non-hydrogen) atoms. The molecular formula is C16H15BrN4. The van der Waals surface area contributed by atoms with Crippen LogP contribution in [0.2, 0.25) is 0 Å². The Labute approximate surface area is 131 Å². The van der Waals surface area contributed by atoms with Gasteiger partial charge in [0.15, 0.2) is 5.65 Å². The van der Waals surface area contributed by atoms with Crippen LogP contribution in [0.1, 0.15) is 23.4 Å². The van der Waals surface area contributed by atoms with E-state index in [-0.39, 0.29) is 0 Å². The fourth-order valence-corrected chi connectivity index (χ4v) is 2.62. The van der Waals surface area contributed by atoms with E-state index >= 15 is 0 Å². The number of allylic oxidation sites excluding steroid dienone is 1. The topological polar surface area (TPSA) is 43.1 Å². The Kier molecular flexibility index (Phi) is 4.10. The van der Waals surface area contributed by atoms with Crippen molar-refractivity contribution in [2.45, 2.75) is 19.3 Å². The minimum atomic E-state index is 0.802. The van der Waals surface area contributed by atoms with Crippen molar-refractivity contribution in [2.75, 3.05) is 0 Å². The summed E-state index contributed by atoms with van der Waals surface area (Å²) in [7, 11) is 0. The van der Waals surface area contributed by atoms with E-state index in [1.54, 1.807) is 6.20 Å². The first-order chi connectivity index (χ1) is 10.3. The second kappa shape index (κ2) is 6.18. The van der Waals surface area contributed by atoms with Gasteiger partial charge in [-0.1, -0.05) is 6.08 Å². The minimum absolute atomic E-state index is 0.802. The molecule has 0 bridgehead atoms. The predicted octanol–water partition coefficient (Wildman–Crippen LogP) is 3.60. The molecule has 0 unspecified atom stereocenters. The number of rotatable bonds is 5. The van der Waals surface area contributed by atoms with Crippen LogP contribution in [-0.2, 0) is 12.8 Å². The molecule has 3 heterocycles. The molecule has 0 aliphatic carbocycles. The van der Waals surface area contributed by atoms with Gasteiger partial charge in [-0.15, -0.1) is 6.58 Å². The van der Waals surface area contributed by atoms with Gasteiger partial charge >= 0.3 is 0 Å². The van der Waals surface area contributed by atoms with Gasteiger partial charge in [-0.25, -0.2) is 9.50 Å². The number of aryl methyl sites for hydroxylation is 1. The zero-order valence-corrected chi connectivity index (χ0v) is 13.1. The summed E-state index contributed by atoms with van der Waals surface area (Å²) in [4.78, 5) is 8.73. The highest BCUT2D eigenvalue weighted by Crippen LogP contribution is 2.20. The third-order valence-electron chi connectivity index (χ3n) is 3.29. The number of fused-ring (bicyclic) bond motifs is 1. The Hall–Kier alpha value is -2.01. The molecule has 3 aromatic rings. The van der Waals surface area contributed by atoms with Crippen LogP contribution in [0.15, 0.2) is 53.9 Å². The molecule has 0 aromatic carbocycles. The molecule has 0 N–H and O–H groups in total. The van der Waals surface area contributed by atoms with Crippen LogP contribution in [0.5, 0.6) is 0 Å². The normalized spacial score (nSPS) is 10.9. The van der Waals surface area contributed by atoms with Gasteiger partial charge in [0.1, 0.15) is 0 Å². The number of hydrogen-bond acceptors (Lipinski definition) is 3. The van der Waals surface area contributed by atoms with Crippen molar-refractivity contribution in [1.29, 1.82) is 0 Å². The van der Waals surface area contributed by atoms with Crippen molar-refractivity contribution in [3.63, 3.8) is 0 Å². The first-order valence-corrected chi connectivity index (χ1v) is 7.59. The van der Waals surface area contributed by atoms with E-state index in [4.69, 9.17) is 0 Å². The van der Waals surface area contributed by atoms with Gasteiger partial charge < -0.3 is 0 Å². The molecule has 3 rings (SSSR count). The molecule has 3 aromatic heterocycles. The average molecular weight is 343 g/mol. The average Bonchev–Trinajstić information content (AvgIpc) is 2.88. The van der Waals surface area contributed by atoms with Gasteiger partial charge in [-0.3, -0.25) is 4.98 Å². The number of pyridine rings is 1. The lowest BCUT2D eigenvalue weighted by Gasteiger charge is -2.08. The van der Waals surface area contributed by atoms with Crippen molar-refractivity contribution in [2.24, 2.45) is 0 Å². The second-order valence-corrected chi connectivity index (χ2v) is 5.68. The summed E-state index contributed by atoms with van der Waals surface area (Å²) in [5.41, 5.74) is 4.25. The molecule has 0 radical (unpaired) electrons. The van der Waals surface area contributed by atoms with E-state index in [0.717, 1.165) is 40.8 Å². The Morgan fingerprint density at radius 3 is 2.86 bits per heavy atom. The van der Waals surface area contributed by atoms with E-state index in [0.29, 0.717) is 0 Å². The molecule has 0 amide bonds. The summed E-state index contributed by atoms with van der Waals surface area (Å²) >= 11 is 3.51. The molecule has 0 saturated heterocycles. The van der Waals surface area contributed by atoms with E-state index in [1.807, 2.05) is 35.1 Å². The second-order valence-electron chi connectivity index (χ2n) is 4.83. The Morgan fingerprint density at radius 2 is 2.10 bits per heavy atom. The molecule has 0 spiro atoms. The first kappa shape index (κ1) is 13.9. The first-order valence-electron chi connectivity index (χ1n) is 6.80. The molecule has 4 nitrogen and oxygen atoms in total. The van der Waals surface area contributed by atoms with Crippen molar-refractivity contribution >= 4 is 21.6 Å². The third-order valence-corrected chi connectivity index (χ3v) is 3.85. The summed E-state index contributed by atoms with van der Waals surface area (Å²) in [5, 5.41) is 4.41. The number of aromatic nitrogens is 4. The Morgan fingerprint density at radius 1 is 1.29 bits per heavy atom. The van der Waals surface area contributed by atoms with Gasteiger partial charge in [0.05, 0.1) is 16.4 Å². The quantitative estimate of drug-likeness (QED) is 0.665. The van der Waals surface area contributed by atoms with Crippen molar-refractivity contribution in [3.05, 3.63) is 70.9 Å². The van der Waals surface area contributed by atoms with Gasteiger partial charge in [0, 0.05) is 24.5 Å². The SMILES string of the molecule is C=CCCc1cc(Cc2ccncc2)n2ncc(Br)c2n1. The molecule has 0 saturated carbocycles. The lowest BCUT2D eigenvalue weighted by Crippen LogP contribution is -2.04. The molecule has 0 aliphatic rings. The summed E-state index contributed by atoms with van der Waals surface area (Å²) < 4.78 is 2.81. The standard InChI is InChI=1S/C16H15BrN4/c1-2-3-4-13-10-14(9-12-5-7-18-8-6-12)21-16(20-13)15(17)11-19-21/h2,5-8,10-11H,1,3-4,9H2. The fourth-order valence-electron chi connectivity index (χ4n) is 2.27. The van der Waals surface area contributed by atoms with E-state index in [1.165, 1.54) is 5.56 Å². The lowest BCUT2D eigenvalue weighted by atomic mass is 10.1. The monoisotopic (exact) mass is 342 g/mol. The molecular weight excluding hydrogens is 328 g/mol. The van der Waals surface area contributed by atoms with Gasteiger partial charge in [-0.2, -0.15) is 5.10 Å². The van der Waals surface area contributed by atoms with E-state index in [2.05, 4.69) is 43.6 Å². The zero-order chi connectivity index (χ0) is 14.7. The van der Waals surface area contributed by atoms with Crippen molar-refractivity contribution < 1.29 is 0 Å². The van der Waals surface area contributed by atoms with Crippen LogP contribution in [0.3, 0.4) is 0 Å². The summed E-state index contributed by atoms with van der Waals surface area (Å²) in [6, 6.07) is 6.17.